The number of benzene rings is 2. The van der Waals surface area contributed by atoms with Gasteiger partial charge in [0.2, 0.25) is 0 Å². The SMILES string of the molecule is COc1cccc(N2CC[NH+](CC(=O)N3CCC(c4ccccc4)=N3)CC2)c1. The van der Waals surface area contributed by atoms with Crippen LogP contribution in [0.1, 0.15) is 12.0 Å². The molecule has 1 N–H and O–H groups in total. The van der Waals surface area contributed by atoms with Crippen LogP contribution in [0.5, 0.6) is 5.75 Å². The molecule has 28 heavy (non-hydrogen) atoms. The summed E-state index contributed by atoms with van der Waals surface area (Å²) in [5.41, 5.74) is 3.30. The van der Waals surface area contributed by atoms with E-state index in [1.807, 2.05) is 30.3 Å². The molecule has 0 saturated carbocycles. The molecule has 6 heteroatoms. The molecule has 2 heterocycles. The Bertz CT molecular complexity index is 845. The van der Waals surface area contributed by atoms with Crippen LogP contribution in [0.2, 0.25) is 0 Å². The quantitative estimate of drug-likeness (QED) is 0.845. The molecule has 0 spiro atoms. The second-order valence-corrected chi connectivity index (χ2v) is 7.29. The van der Waals surface area contributed by atoms with Crippen molar-refractivity contribution in [1.82, 2.24) is 5.01 Å². The summed E-state index contributed by atoms with van der Waals surface area (Å²) in [5.74, 6) is 0.999. The number of anilines is 1. The first-order valence-corrected chi connectivity index (χ1v) is 9.89. The molecule has 1 amide bonds. The van der Waals surface area contributed by atoms with Gasteiger partial charge in [0.05, 0.1) is 45.5 Å². The van der Waals surface area contributed by atoms with E-state index in [1.54, 1.807) is 12.1 Å². The van der Waals surface area contributed by atoms with Crippen LogP contribution in [0.15, 0.2) is 59.7 Å². The van der Waals surface area contributed by atoms with E-state index in [4.69, 9.17) is 4.74 Å². The summed E-state index contributed by atoms with van der Waals surface area (Å²) in [7, 11) is 1.69. The number of nitrogens with zero attached hydrogens (tertiary/aromatic N) is 3. The van der Waals surface area contributed by atoms with E-state index >= 15 is 0 Å². The number of hydrazone groups is 1. The fourth-order valence-corrected chi connectivity index (χ4v) is 3.84. The third-order valence-electron chi connectivity index (χ3n) is 5.49. The van der Waals surface area contributed by atoms with Gasteiger partial charge in [-0.25, -0.2) is 5.01 Å². The van der Waals surface area contributed by atoms with E-state index in [2.05, 4.69) is 34.3 Å². The Balaban J connectivity index is 1.30. The van der Waals surface area contributed by atoms with Crippen LogP contribution in [-0.2, 0) is 4.79 Å². The van der Waals surface area contributed by atoms with Crippen LogP contribution < -0.4 is 14.5 Å². The van der Waals surface area contributed by atoms with Crippen molar-refractivity contribution >= 4 is 17.3 Å². The van der Waals surface area contributed by atoms with Crippen molar-refractivity contribution in [2.45, 2.75) is 6.42 Å². The molecule has 4 rings (SSSR count). The largest absolute Gasteiger partial charge is 0.497 e. The molecule has 0 unspecified atom stereocenters. The highest BCUT2D eigenvalue weighted by molar-refractivity contribution is 6.02. The second-order valence-electron chi connectivity index (χ2n) is 7.29. The summed E-state index contributed by atoms with van der Waals surface area (Å²) in [6, 6.07) is 18.3. The maximum Gasteiger partial charge on any atom is 0.297 e. The molecule has 0 radical (unpaired) electrons. The molecular weight excluding hydrogens is 352 g/mol. The highest BCUT2D eigenvalue weighted by atomic mass is 16.5. The van der Waals surface area contributed by atoms with Gasteiger partial charge in [0.15, 0.2) is 6.54 Å². The molecular formula is C22H27N4O2+. The second kappa shape index (κ2) is 8.44. The van der Waals surface area contributed by atoms with E-state index in [-0.39, 0.29) is 5.91 Å². The Kier molecular flexibility index (Phi) is 5.58. The lowest BCUT2D eigenvalue weighted by Crippen LogP contribution is -3.15. The van der Waals surface area contributed by atoms with Crippen LogP contribution in [0.4, 0.5) is 5.69 Å². The van der Waals surface area contributed by atoms with Gasteiger partial charge in [-0.15, -0.1) is 0 Å². The van der Waals surface area contributed by atoms with Gasteiger partial charge in [0.1, 0.15) is 5.75 Å². The number of hydrogen-bond acceptors (Lipinski definition) is 4. The van der Waals surface area contributed by atoms with Crippen LogP contribution in [-0.4, -0.2) is 63.0 Å². The zero-order valence-electron chi connectivity index (χ0n) is 16.3. The van der Waals surface area contributed by atoms with Crippen LogP contribution >= 0.6 is 0 Å². The Hall–Kier alpha value is -2.86. The predicted molar refractivity (Wildman–Crippen MR) is 110 cm³/mol. The van der Waals surface area contributed by atoms with E-state index in [9.17, 15) is 4.79 Å². The Morgan fingerprint density at radius 2 is 1.86 bits per heavy atom. The minimum atomic E-state index is 0.121. The molecule has 146 valence electrons. The summed E-state index contributed by atoms with van der Waals surface area (Å²) in [4.78, 5) is 16.4. The number of carbonyl (C=O) groups is 1. The number of quaternary nitrogens is 1. The molecule has 1 fully saturated rings. The summed E-state index contributed by atoms with van der Waals surface area (Å²) in [5, 5.41) is 6.22. The van der Waals surface area contributed by atoms with Crippen molar-refractivity contribution < 1.29 is 14.4 Å². The third kappa shape index (κ3) is 4.17. The molecule has 0 atom stereocenters. The van der Waals surface area contributed by atoms with Gasteiger partial charge in [-0.1, -0.05) is 36.4 Å². The number of ether oxygens (including phenoxy) is 1. The number of nitrogens with one attached hydrogen (secondary N) is 1. The van der Waals surface area contributed by atoms with Gasteiger partial charge in [-0.2, -0.15) is 5.10 Å². The van der Waals surface area contributed by atoms with Gasteiger partial charge >= 0.3 is 0 Å². The Labute approximate surface area is 166 Å². The van der Waals surface area contributed by atoms with Crippen molar-refractivity contribution in [3.8, 4) is 5.75 Å². The lowest BCUT2D eigenvalue weighted by Gasteiger charge is -2.33. The topological polar surface area (TPSA) is 49.6 Å². The van der Waals surface area contributed by atoms with Gasteiger partial charge in [-0.3, -0.25) is 4.79 Å². The predicted octanol–water partition coefficient (Wildman–Crippen LogP) is 1.04. The summed E-state index contributed by atoms with van der Waals surface area (Å²) in [6.45, 7) is 4.98. The first-order chi connectivity index (χ1) is 13.7. The maximum absolute atomic E-state index is 12.7. The van der Waals surface area contributed by atoms with Crippen LogP contribution in [0.3, 0.4) is 0 Å². The molecule has 2 aliphatic heterocycles. The van der Waals surface area contributed by atoms with Gasteiger partial charge in [-0.05, 0) is 17.7 Å². The Morgan fingerprint density at radius 1 is 1.07 bits per heavy atom. The molecule has 2 aromatic carbocycles. The molecule has 0 aliphatic carbocycles. The van der Waals surface area contributed by atoms with E-state index in [0.29, 0.717) is 13.1 Å². The van der Waals surface area contributed by atoms with Gasteiger partial charge in [0, 0.05) is 18.2 Å². The number of amides is 1. The number of methoxy groups -OCH3 is 1. The standard InChI is InChI=1S/C22H26N4O2/c1-28-20-9-5-8-19(16-20)25-14-12-24(13-15-25)17-22(27)26-11-10-21(23-26)18-6-3-2-4-7-18/h2-9,16H,10-15,17H2,1H3/p+1. The van der Waals surface area contributed by atoms with Crippen molar-refractivity contribution in [3.63, 3.8) is 0 Å². The first-order valence-electron chi connectivity index (χ1n) is 9.89. The zero-order valence-corrected chi connectivity index (χ0v) is 16.3. The number of carbonyl (C=O) groups excluding carboxylic acids is 1. The fraction of sp³-hybridized carbons (Fsp3) is 0.364. The zero-order chi connectivity index (χ0) is 19.3. The lowest BCUT2D eigenvalue weighted by atomic mass is 10.1. The number of rotatable bonds is 5. The van der Waals surface area contributed by atoms with Gasteiger partial charge < -0.3 is 14.5 Å². The van der Waals surface area contributed by atoms with E-state index in [1.165, 1.54) is 10.6 Å². The highest BCUT2D eigenvalue weighted by Gasteiger charge is 2.27. The molecule has 0 aromatic heterocycles. The van der Waals surface area contributed by atoms with Crippen molar-refractivity contribution in [3.05, 3.63) is 60.2 Å². The van der Waals surface area contributed by atoms with E-state index < -0.39 is 0 Å². The summed E-state index contributed by atoms with van der Waals surface area (Å²) >= 11 is 0. The van der Waals surface area contributed by atoms with Crippen molar-refractivity contribution in [2.24, 2.45) is 5.10 Å². The first kappa shape index (κ1) is 18.5. The van der Waals surface area contributed by atoms with E-state index in [0.717, 1.165) is 49.6 Å². The summed E-state index contributed by atoms with van der Waals surface area (Å²) in [6.07, 6.45) is 0.828. The normalized spacial score (nSPS) is 17.5. The minimum Gasteiger partial charge on any atom is -0.497 e. The fourth-order valence-electron chi connectivity index (χ4n) is 3.84. The lowest BCUT2D eigenvalue weighted by molar-refractivity contribution is -0.892. The van der Waals surface area contributed by atoms with Crippen molar-refractivity contribution in [1.29, 1.82) is 0 Å². The number of hydrogen-bond donors (Lipinski definition) is 1. The van der Waals surface area contributed by atoms with Crippen LogP contribution in [0.25, 0.3) is 0 Å². The third-order valence-corrected chi connectivity index (χ3v) is 5.49. The average molecular weight is 379 g/mol. The molecule has 2 aliphatic rings. The van der Waals surface area contributed by atoms with Gasteiger partial charge in [0.25, 0.3) is 5.91 Å². The average Bonchev–Trinajstić information content (AvgIpc) is 3.25. The molecule has 0 bridgehead atoms. The molecule has 1 saturated heterocycles. The molecule has 6 nitrogen and oxygen atoms in total. The Morgan fingerprint density at radius 3 is 2.61 bits per heavy atom. The maximum atomic E-state index is 12.7. The minimum absolute atomic E-state index is 0.121. The summed E-state index contributed by atoms with van der Waals surface area (Å²) < 4.78 is 5.32. The number of piperazine rings is 1. The smallest absolute Gasteiger partial charge is 0.297 e. The highest BCUT2D eigenvalue weighted by Crippen LogP contribution is 2.20. The van der Waals surface area contributed by atoms with Crippen molar-refractivity contribution in [2.75, 3.05) is 51.3 Å². The molecule has 2 aromatic rings. The monoisotopic (exact) mass is 379 g/mol. The van der Waals surface area contributed by atoms with Crippen LogP contribution in [0, 0.1) is 0 Å².